The zero-order valence-corrected chi connectivity index (χ0v) is 10.8. The van der Waals surface area contributed by atoms with Crippen LogP contribution in [0.1, 0.15) is 38.3 Å². The van der Waals surface area contributed by atoms with Gasteiger partial charge in [-0.15, -0.1) is 0 Å². The van der Waals surface area contributed by atoms with E-state index in [0.29, 0.717) is 6.54 Å². The fourth-order valence-corrected chi connectivity index (χ4v) is 2.35. The summed E-state index contributed by atoms with van der Waals surface area (Å²) in [4.78, 5) is 11.6. The largest absolute Gasteiger partial charge is 0.368 e. The second kappa shape index (κ2) is 6.54. The number of hydrogen-bond donors (Lipinski definition) is 2. The number of aromatic nitrogens is 2. The van der Waals surface area contributed by atoms with Crippen LogP contribution in [-0.2, 0) is 16.1 Å². The number of carbonyl (C=O) groups is 1. The molecule has 5 heteroatoms. The molecule has 18 heavy (non-hydrogen) atoms. The van der Waals surface area contributed by atoms with Crippen LogP contribution in [0.25, 0.3) is 0 Å². The van der Waals surface area contributed by atoms with E-state index in [4.69, 9.17) is 4.74 Å². The Balaban J connectivity index is 1.62. The minimum atomic E-state index is -0.0668. The van der Waals surface area contributed by atoms with Crippen LogP contribution in [0, 0.1) is 5.92 Å². The quantitative estimate of drug-likeness (QED) is 0.835. The molecule has 100 valence electrons. The SMILES string of the molecule is C[C@@H]1CCC[C@H](OCC(=O)NCc2ccn[nH]2)C1. The first-order valence-electron chi connectivity index (χ1n) is 6.60. The lowest BCUT2D eigenvalue weighted by Crippen LogP contribution is -2.31. The number of nitrogens with one attached hydrogen (secondary N) is 2. The molecule has 1 amide bonds. The Labute approximate surface area is 107 Å². The van der Waals surface area contributed by atoms with Gasteiger partial charge in [0.1, 0.15) is 6.61 Å². The molecule has 1 aromatic heterocycles. The van der Waals surface area contributed by atoms with Gasteiger partial charge >= 0.3 is 0 Å². The Kier molecular flexibility index (Phi) is 4.75. The minimum absolute atomic E-state index is 0.0668. The molecule has 0 aliphatic heterocycles. The molecule has 2 N–H and O–H groups in total. The van der Waals surface area contributed by atoms with Crippen molar-refractivity contribution >= 4 is 5.91 Å². The molecule has 0 spiro atoms. The third kappa shape index (κ3) is 4.14. The highest BCUT2D eigenvalue weighted by atomic mass is 16.5. The second-order valence-corrected chi connectivity index (χ2v) is 5.06. The van der Waals surface area contributed by atoms with Crippen molar-refractivity contribution in [1.29, 1.82) is 0 Å². The molecular weight excluding hydrogens is 230 g/mol. The molecule has 0 saturated heterocycles. The minimum Gasteiger partial charge on any atom is -0.368 e. The molecule has 0 bridgehead atoms. The number of ether oxygens (including phenoxy) is 1. The van der Waals surface area contributed by atoms with Crippen molar-refractivity contribution in [1.82, 2.24) is 15.5 Å². The van der Waals surface area contributed by atoms with Gasteiger partial charge < -0.3 is 10.1 Å². The molecule has 1 aliphatic rings. The average Bonchev–Trinajstić information content (AvgIpc) is 2.87. The van der Waals surface area contributed by atoms with Crippen LogP contribution in [0.4, 0.5) is 0 Å². The van der Waals surface area contributed by atoms with Crippen molar-refractivity contribution in [2.24, 2.45) is 5.92 Å². The van der Waals surface area contributed by atoms with Crippen molar-refractivity contribution in [2.75, 3.05) is 6.61 Å². The third-order valence-electron chi connectivity index (χ3n) is 3.37. The first-order chi connectivity index (χ1) is 8.74. The van der Waals surface area contributed by atoms with E-state index in [9.17, 15) is 4.79 Å². The van der Waals surface area contributed by atoms with Gasteiger partial charge in [0.2, 0.25) is 5.91 Å². The molecule has 2 rings (SSSR count). The van der Waals surface area contributed by atoms with Crippen molar-refractivity contribution in [3.8, 4) is 0 Å². The lowest BCUT2D eigenvalue weighted by molar-refractivity contribution is -0.128. The number of aromatic amines is 1. The topological polar surface area (TPSA) is 67.0 Å². The fourth-order valence-electron chi connectivity index (χ4n) is 2.35. The summed E-state index contributed by atoms with van der Waals surface area (Å²) in [6.07, 6.45) is 6.58. The fraction of sp³-hybridized carbons (Fsp3) is 0.692. The summed E-state index contributed by atoms with van der Waals surface area (Å²) in [5.41, 5.74) is 0.898. The van der Waals surface area contributed by atoms with Crippen LogP contribution in [-0.4, -0.2) is 28.8 Å². The van der Waals surface area contributed by atoms with E-state index in [1.54, 1.807) is 6.20 Å². The van der Waals surface area contributed by atoms with Gasteiger partial charge in [-0.2, -0.15) is 5.10 Å². The van der Waals surface area contributed by atoms with Gasteiger partial charge in [-0.1, -0.05) is 19.8 Å². The van der Waals surface area contributed by atoms with Gasteiger partial charge in [-0.05, 0) is 24.8 Å². The third-order valence-corrected chi connectivity index (χ3v) is 3.37. The smallest absolute Gasteiger partial charge is 0.246 e. The molecule has 0 aromatic carbocycles. The molecule has 1 aliphatic carbocycles. The van der Waals surface area contributed by atoms with Crippen LogP contribution < -0.4 is 5.32 Å². The van der Waals surface area contributed by atoms with E-state index in [0.717, 1.165) is 24.5 Å². The first-order valence-corrected chi connectivity index (χ1v) is 6.60. The Morgan fingerprint density at radius 3 is 3.22 bits per heavy atom. The van der Waals surface area contributed by atoms with Crippen LogP contribution in [0.5, 0.6) is 0 Å². The highest BCUT2D eigenvalue weighted by molar-refractivity contribution is 5.77. The van der Waals surface area contributed by atoms with Gasteiger partial charge in [0.25, 0.3) is 0 Å². The van der Waals surface area contributed by atoms with E-state index in [1.165, 1.54) is 12.8 Å². The molecule has 0 radical (unpaired) electrons. The number of nitrogens with zero attached hydrogens (tertiary/aromatic N) is 1. The predicted octanol–water partition coefficient (Wildman–Crippen LogP) is 1.62. The average molecular weight is 251 g/mol. The summed E-state index contributed by atoms with van der Waals surface area (Å²) >= 11 is 0. The molecular formula is C13H21N3O2. The predicted molar refractivity (Wildman–Crippen MR) is 67.8 cm³/mol. The molecule has 1 fully saturated rings. The normalized spacial score (nSPS) is 23.8. The van der Waals surface area contributed by atoms with Crippen molar-refractivity contribution in [3.05, 3.63) is 18.0 Å². The van der Waals surface area contributed by atoms with Crippen LogP contribution >= 0.6 is 0 Å². The van der Waals surface area contributed by atoms with E-state index in [-0.39, 0.29) is 18.6 Å². The number of H-pyrrole nitrogens is 1. The zero-order valence-electron chi connectivity index (χ0n) is 10.8. The van der Waals surface area contributed by atoms with Crippen molar-refractivity contribution in [3.63, 3.8) is 0 Å². The summed E-state index contributed by atoms with van der Waals surface area (Å²) in [6, 6.07) is 1.84. The lowest BCUT2D eigenvalue weighted by Gasteiger charge is -2.26. The highest BCUT2D eigenvalue weighted by Crippen LogP contribution is 2.25. The standard InChI is InChI=1S/C13H21N3O2/c1-10-3-2-4-12(7-10)18-9-13(17)14-8-11-5-6-15-16-11/h5-6,10,12H,2-4,7-9H2,1H3,(H,14,17)(H,15,16)/t10-,12+/m1/s1. The number of carbonyl (C=O) groups excluding carboxylic acids is 1. The summed E-state index contributed by atoms with van der Waals surface area (Å²) in [6.45, 7) is 2.88. The maximum Gasteiger partial charge on any atom is 0.246 e. The Morgan fingerprint density at radius 2 is 2.50 bits per heavy atom. The van der Waals surface area contributed by atoms with Crippen LogP contribution in [0.2, 0.25) is 0 Å². The lowest BCUT2D eigenvalue weighted by atomic mass is 9.89. The number of amides is 1. The van der Waals surface area contributed by atoms with E-state index in [1.807, 2.05) is 6.07 Å². The Bertz CT molecular complexity index is 364. The summed E-state index contributed by atoms with van der Waals surface area (Å²) in [7, 11) is 0. The maximum atomic E-state index is 11.6. The maximum absolute atomic E-state index is 11.6. The molecule has 1 heterocycles. The first kappa shape index (κ1) is 13.1. The molecule has 0 unspecified atom stereocenters. The van der Waals surface area contributed by atoms with Gasteiger partial charge in [0.15, 0.2) is 0 Å². The number of hydrogen-bond acceptors (Lipinski definition) is 3. The van der Waals surface area contributed by atoms with Gasteiger partial charge in [0.05, 0.1) is 18.3 Å². The molecule has 5 nitrogen and oxygen atoms in total. The second-order valence-electron chi connectivity index (χ2n) is 5.06. The van der Waals surface area contributed by atoms with Gasteiger partial charge in [-0.3, -0.25) is 9.89 Å². The Morgan fingerprint density at radius 1 is 1.61 bits per heavy atom. The number of rotatable bonds is 5. The summed E-state index contributed by atoms with van der Waals surface area (Å²) in [5, 5.41) is 9.42. The monoisotopic (exact) mass is 251 g/mol. The van der Waals surface area contributed by atoms with E-state index in [2.05, 4.69) is 22.4 Å². The molecule has 1 saturated carbocycles. The zero-order chi connectivity index (χ0) is 12.8. The Hall–Kier alpha value is -1.36. The summed E-state index contributed by atoms with van der Waals surface area (Å²) in [5.74, 6) is 0.652. The highest BCUT2D eigenvalue weighted by Gasteiger charge is 2.19. The van der Waals surface area contributed by atoms with Gasteiger partial charge in [-0.25, -0.2) is 0 Å². The van der Waals surface area contributed by atoms with E-state index >= 15 is 0 Å². The van der Waals surface area contributed by atoms with Crippen LogP contribution in [0.3, 0.4) is 0 Å². The molecule has 2 atom stereocenters. The van der Waals surface area contributed by atoms with Gasteiger partial charge in [0, 0.05) is 6.20 Å². The summed E-state index contributed by atoms with van der Waals surface area (Å²) < 4.78 is 5.65. The van der Waals surface area contributed by atoms with Crippen molar-refractivity contribution < 1.29 is 9.53 Å². The molecule has 1 aromatic rings. The van der Waals surface area contributed by atoms with E-state index < -0.39 is 0 Å². The van der Waals surface area contributed by atoms with Crippen LogP contribution in [0.15, 0.2) is 12.3 Å². The van der Waals surface area contributed by atoms with Crippen molar-refractivity contribution in [2.45, 2.75) is 45.3 Å².